The van der Waals surface area contributed by atoms with Crippen molar-refractivity contribution in [2.75, 3.05) is 32.5 Å². The normalized spacial score (nSPS) is 14.8. The molecule has 0 aliphatic carbocycles. The molecule has 1 fully saturated rings. The van der Waals surface area contributed by atoms with Gasteiger partial charge in [-0.1, -0.05) is 28.9 Å². The number of halogens is 1. The minimum atomic E-state index is 0.0618. The number of hydrogen-bond acceptors (Lipinski definition) is 7. The summed E-state index contributed by atoms with van der Waals surface area (Å²) < 4.78 is 10.6. The first kappa shape index (κ1) is 24.6. The third kappa shape index (κ3) is 6.98. The monoisotopic (exact) mass is 500 g/mol. The Labute approximate surface area is 209 Å². The molecule has 34 heavy (non-hydrogen) atoms. The predicted molar refractivity (Wildman–Crippen MR) is 135 cm³/mol. The second kappa shape index (κ2) is 12.2. The van der Waals surface area contributed by atoms with E-state index < -0.39 is 0 Å². The van der Waals surface area contributed by atoms with Crippen LogP contribution in [0, 0.1) is 5.92 Å². The largest absolute Gasteiger partial charge is 0.497 e. The van der Waals surface area contributed by atoms with Gasteiger partial charge in [-0.05, 0) is 67.9 Å². The smallest absolute Gasteiger partial charge is 0.241 e. The molecule has 4 rings (SSSR count). The van der Waals surface area contributed by atoms with Crippen LogP contribution in [0.5, 0.6) is 5.75 Å². The van der Waals surface area contributed by atoms with Crippen molar-refractivity contribution in [1.82, 2.24) is 20.4 Å². The molecule has 0 spiro atoms. The number of methoxy groups -OCH3 is 1. The number of ether oxygens (including phenoxy) is 1. The third-order valence-electron chi connectivity index (χ3n) is 5.84. The predicted octanol–water partition coefficient (Wildman–Crippen LogP) is 4.66. The Hall–Kier alpha value is -2.55. The molecule has 0 unspecified atom stereocenters. The maximum atomic E-state index is 12.5. The molecular weight excluding hydrogens is 472 g/mol. The number of amides is 1. The average Bonchev–Trinajstić information content (AvgIpc) is 3.33. The van der Waals surface area contributed by atoms with Crippen molar-refractivity contribution in [3.63, 3.8) is 0 Å². The lowest BCUT2D eigenvalue weighted by molar-refractivity contribution is -0.126. The Morgan fingerprint density at radius 2 is 2.03 bits per heavy atom. The molecule has 1 saturated heterocycles. The highest BCUT2D eigenvalue weighted by atomic mass is 35.5. The first-order valence-corrected chi connectivity index (χ1v) is 12.9. The fraction of sp³-hybridized carbons (Fsp3) is 0.400. The van der Waals surface area contributed by atoms with Crippen molar-refractivity contribution in [3.8, 4) is 17.1 Å². The van der Waals surface area contributed by atoms with E-state index in [1.54, 1.807) is 18.9 Å². The van der Waals surface area contributed by atoms with Gasteiger partial charge in [0.1, 0.15) is 5.75 Å². The Bertz CT molecular complexity index is 1070. The SMILES string of the molecule is COc1ccc(-c2noc(CN3CCC(C(=O)NCCSCc4cccc(Cl)c4)CC3)n2)cc1. The Balaban J connectivity index is 1.14. The summed E-state index contributed by atoms with van der Waals surface area (Å²) in [6.45, 7) is 2.95. The fourth-order valence-corrected chi connectivity index (χ4v) is 4.95. The van der Waals surface area contributed by atoms with Crippen molar-refractivity contribution in [1.29, 1.82) is 0 Å². The number of hydrogen-bond donors (Lipinski definition) is 1. The molecule has 1 aromatic heterocycles. The van der Waals surface area contributed by atoms with Gasteiger partial charge in [0.25, 0.3) is 0 Å². The number of carbonyl (C=O) groups is 1. The molecule has 3 aromatic rings. The van der Waals surface area contributed by atoms with E-state index in [1.807, 2.05) is 42.5 Å². The molecule has 0 atom stereocenters. The maximum Gasteiger partial charge on any atom is 0.241 e. The summed E-state index contributed by atoms with van der Waals surface area (Å²) in [7, 11) is 1.64. The second-order valence-electron chi connectivity index (χ2n) is 8.26. The van der Waals surface area contributed by atoms with Crippen LogP contribution < -0.4 is 10.1 Å². The van der Waals surface area contributed by atoms with Crippen LogP contribution >= 0.6 is 23.4 Å². The standard InChI is InChI=1S/C25H29ClN4O3S/c1-32-22-7-5-19(6-8-22)24-28-23(33-29-24)16-30-12-9-20(10-13-30)25(31)27-11-14-34-17-18-3-2-4-21(26)15-18/h2-8,15,20H,9-14,16-17H2,1H3,(H,27,31). The van der Waals surface area contributed by atoms with Gasteiger partial charge in [0, 0.05) is 34.6 Å². The summed E-state index contributed by atoms with van der Waals surface area (Å²) in [4.78, 5) is 19.3. The van der Waals surface area contributed by atoms with Gasteiger partial charge >= 0.3 is 0 Å². The van der Waals surface area contributed by atoms with Gasteiger partial charge in [0.2, 0.25) is 17.6 Å². The van der Waals surface area contributed by atoms with Crippen molar-refractivity contribution in [3.05, 3.63) is 65.0 Å². The van der Waals surface area contributed by atoms with Gasteiger partial charge in [-0.15, -0.1) is 0 Å². The van der Waals surface area contributed by atoms with E-state index in [1.165, 1.54) is 5.56 Å². The highest BCUT2D eigenvalue weighted by Crippen LogP contribution is 2.22. The molecule has 2 heterocycles. The summed E-state index contributed by atoms with van der Waals surface area (Å²) in [6.07, 6.45) is 1.67. The molecule has 1 N–H and O–H groups in total. The number of nitrogens with zero attached hydrogens (tertiary/aromatic N) is 3. The van der Waals surface area contributed by atoms with Crippen LogP contribution in [0.4, 0.5) is 0 Å². The van der Waals surface area contributed by atoms with Gasteiger partial charge in [-0.25, -0.2) is 0 Å². The fourth-order valence-electron chi connectivity index (χ4n) is 3.93. The molecule has 0 bridgehead atoms. The summed E-state index contributed by atoms with van der Waals surface area (Å²) >= 11 is 7.81. The molecular formula is C25H29ClN4O3S. The van der Waals surface area contributed by atoms with E-state index in [9.17, 15) is 4.79 Å². The second-order valence-corrected chi connectivity index (χ2v) is 9.81. The zero-order chi connectivity index (χ0) is 23.8. The lowest BCUT2D eigenvalue weighted by Crippen LogP contribution is -2.40. The Morgan fingerprint density at radius 1 is 1.24 bits per heavy atom. The average molecular weight is 501 g/mol. The van der Waals surface area contributed by atoms with Crippen molar-refractivity contribution in [2.45, 2.75) is 25.1 Å². The minimum Gasteiger partial charge on any atom is -0.497 e. The quantitative estimate of drug-likeness (QED) is 0.405. The number of nitrogens with one attached hydrogen (secondary N) is 1. The Morgan fingerprint density at radius 3 is 2.76 bits per heavy atom. The third-order valence-corrected chi connectivity index (χ3v) is 7.10. The number of likely N-dealkylation sites (tertiary alicyclic amines) is 1. The van der Waals surface area contributed by atoms with Crippen LogP contribution in [0.25, 0.3) is 11.4 Å². The number of thioether (sulfide) groups is 1. The zero-order valence-corrected chi connectivity index (χ0v) is 20.8. The van der Waals surface area contributed by atoms with Gasteiger partial charge in [-0.3, -0.25) is 9.69 Å². The number of piperidine rings is 1. The van der Waals surface area contributed by atoms with E-state index in [-0.39, 0.29) is 11.8 Å². The van der Waals surface area contributed by atoms with E-state index in [0.29, 0.717) is 24.8 Å². The van der Waals surface area contributed by atoms with Gasteiger partial charge < -0.3 is 14.6 Å². The maximum absolute atomic E-state index is 12.5. The van der Waals surface area contributed by atoms with Crippen molar-refractivity contribution < 1.29 is 14.1 Å². The summed E-state index contributed by atoms with van der Waals surface area (Å²) in [6, 6.07) is 15.5. The lowest BCUT2D eigenvalue weighted by atomic mass is 9.96. The van der Waals surface area contributed by atoms with Gasteiger partial charge in [-0.2, -0.15) is 16.7 Å². The molecule has 1 aliphatic heterocycles. The molecule has 0 radical (unpaired) electrons. The Kier molecular flexibility index (Phi) is 8.85. The molecule has 1 aliphatic rings. The highest BCUT2D eigenvalue weighted by molar-refractivity contribution is 7.98. The van der Waals surface area contributed by atoms with Gasteiger partial charge in [0.15, 0.2) is 0 Å². The van der Waals surface area contributed by atoms with Crippen molar-refractivity contribution in [2.24, 2.45) is 5.92 Å². The first-order chi connectivity index (χ1) is 16.6. The van der Waals surface area contributed by atoms with Crippen LogP contribution in [0.15, 0.2) is 53.1 Å². The van der Waals surface area contributed by atoms with Crippen LogP contribution in [0.1, 0.15) is 24.3 Å². The summed E-state index contributed by atoms with van der Waals surface area (Å²) in [5.74, 6) is 3.94. The topological polar surface area (TPSA) is 80.5 Å². The number of carbonyl (C=O) groups excluding carboxylic acids is 1. The molecule has 2 aromatic carbocycles. The van der Waals surface area contributed by atoms with Gasteiger partial charge in [0.05, 0.1) is 13.7 Å². The van der Waals surface area contributed by atoms with Crippen LogP contribution in [-0.2, 0) is 17.1 Å². The number of aromatic nitrogens is 2. The van der Waals surface area contributed by atoms with Crippen LogP contribution in [0.3, 0.4) is 0 Å². The molecule has 7 nitrogen and oxygen atoms in total. The highest BCUT2D eigenvalue weighted by Gasteiger charge is 2.25. The van der Waals surface area contributed by atoms with Crippen LogP contribution in [-0.4, -0.2) is 53.4 Å². The van der Waals surface area contributed by atoms with E-state index in [0.717, 1.165) is 53.8 Å². The summed E-state index contributed by atoms with van der Waals surface area (Å²) in [5.41, 5.74) is 2.09. The number of benzene rings is 2. The molecule has 9 heteroatoms. The van der Waals surface area contributed by atoms with E-state index in [4.69, 9.17) is 20.9 Å². The zero-order valence-electron chi connectivity index (χ0n) is 19.2. The molecule has 180 valence electrons. The first-order valence-electron chi connectivity index (χ1n) is 11.4. The lowest BCUT2D eigenvalue weighted by Gasteiger charge is -2.30. The minimum absolute atomic E-state index is 0.0618. The van der Waals surface area contributed by atoms with Crippen molar-refractivity contribution >= 4 is 29.3 Å². The number of rotatable bonds is 10. The molecule has 0 saturated carbocycles. The van der Waals surface area contributed by atoms with E-state index in [2.05, 4.69) is 26.4 Å². The summed E-state index contributed by atoms with van der Waals surface area (Å²) in [5, 5.41) is 7.95. The van der Waals surface area contributed by atoms with Crippen LogP contribution in [0.2, 0.25) is 5.02 Å². The molecule has 1 amide bonds. The van der Waals surface area contributed by atoms with E-state index >= 15 is 0 Å².